The van der Waals surface area contributed by atoms with E-state index in [0.717, 1.165) is 34.9 Å². The normalized spacial score (nSPS) is 11.6. The topological polar surface area (TPSA) is 42.0 Å². The SMILES string of the molecule is Cc1cc(C)c2nc(-c3ccccc3)cc(C(=O)Nc3cc(C(F)(F)F)ccc3Cl)c2c1. The summed E-state index contributed by atoms with van der Waals surface area (Å²) < 4.78 is 39.4. The zero-order valence-corrected chi connectivity index (χ0v) is 18.0. The van der Waals surface area contributed by atoms with E-state index in [1.807, 2.05) is 56.3 Å². The molecule has 0 spiro atoms. The molecule has 1 heterocycles. The van der Waals surface area contributed by atoms with Crippen LogP contribution in [0, 0.1) is 13.8 Å². The summed E-state index contributed by atoms with van der Waals surface area (Å²) >= 11 is 6.08. The molecule has 0 fully saturated rings. The van der Waals surface area contributed by atoms with Crippen LogP contribution in [0.3, 0.4) is 0 Å². The van der Waals surface area contributed by atoms with Crippen LogP contribution in [-0.2, 0) is 6.18 Å². The van der Waals surface area contributed by atoms with Gasteiger partial charge in [0.05, 0.1) is 33.0 Å². The number of halogens is 4. The quantitative estimate of drug-likeness (QED) is 0.349. The number of anilines is 1. The highest BCUT2D eigenvalue weighted by atomic mass is 35.5. The Morgan fingerprint density at radius 1 is 0.969 bits per heavy atom. The average molecular weight is 455 g/mol. The maximum absolute atomic E-state index is 13.3. The Morgan fingerprint density at radius 2 is 1.69 bits per heavy atom. The molecule has 0 aliphatic carbocycles. The monoisotopic (exact) mass is 454 g/mol. The van der Waals surface area contributed by atoms with E-state index in [-0.39, 0.29) is 10.7 Å². The lowest BCUT2D eigenvalue weighted by atomic mass is 9.99. The van der Waals surface area contributed by atoms with E-state index >= 15 is 0 Å². The van der Waals surface area contributed by atoms with Crippen LogP contribution in [0.2, 0.25) is 5.02 Å². The van der Waals surface area contributed by atoms with Crippen LogP contribution in [0.4, 0.5) is 18.9 Å². The fourth-order valence-corrected chi connectivity index (χ4v) is 3.78. The third kappa shape index (κ3) is 4.32. The minimum absolute atomic E-state index is 0.0142. The molecule has 0 unspecified atom stereocenters. The fourth-order valence-electron chi connectivity index (χ4n) is 3.61. The summed E-state index contributed by atoms with van der Waals surface area (Å²) in [7, 11) is 0. The number of benzene rings is 3. The summed E-state index contributed by atoms with van der Waals surface area (Å²) in [6.45, 7) is 3.81. The number of nitrogens with zero attached hydrogens (tertiary/aromatic N) is 1. The van der Waals surface area contributed by atoms with Crippen LogP contribution in [-0.4, -0.2) is 10.9 Å². The minimum atomic E-state index is -4.55. The van der Waals surface area contributed by atoms with Gasteiger partial charge in [-0.1, -0.05) is 53.6 Å². The molecule has 4 aromatic rings. The van der Waals surface area contributed by atoms with E-state index < -0.39 is 17.6 Å². The molecule has 32 heavy (non-hydrogen) atoms. The molecule has 162 valence electrons. The van der Waals surface area contributed by atoms with Gasteiger partial charge in [-0.05, 0) is 49.7 Å². The number of carbonyl (C=O) groups is 1. The van der Waals surface area contributed by atoms with E-state index in [2.05, 4.69) is 5.32 Å². The molecule has 4 rings (SSSR count). The van der Waals surface area contributed by atoms with Crippen LogP contribution in [0.5, 0.6) is 0 Å². The minimum Gasteiger partial charge on any atom is -0.321 e. The van der Waals surface area contributed by atoms with Gasteiger partial charge in [0.15, 0.2) is 0 Å². The van der Waals surface area contributed by atoms with Gasteiger partial charge in [0.2, 0.25) is 0 Å². The van der Waals surface area contributed by atoms with E-state index in [0.29, 0.717) is 22.2 Å². The first-order valence-corrected chi connectivity index (χ1v) is 10.2. The van der Waals surface area contributed by atoms with Gasteiger partial charge >= 0.3 is 6.18 Å². The molecule has 1 aromatic heterocycles. The Labute approximate surface area is 187 Å². The first-order valence-electron chi connectivity index (χ1n) is 9.79. The molecule has 1 amide bonds. The number of aromatic nitrogens is 1. The van der Waals surface area contributed by atoms with Crippen LogP contribution in [0.25, 0.3) is 22.2 Å². The maximum atomic E-state index is 13.3. The molecular formula is C25H18ClF3N2O. The molecule has 0 bridgehead atoms. The highest BCUT2D eigenvalue weighted by molar-refractivity contribution is 6.34. The van der Waals surface area contributed by atoms with Gasteiger partial charge < -0.3 is 5.32 Å². The van der Waals surface area contributed by atoms with E-state index in [1.165, 1.54) is 0 Å². The van der Waals surface area contributed by atoms with Gasteiger partial charge in [-0.25, -0.2) is 4.98 Å². The van der Waals surface area contributed by atoms with Crippen molar-refractivity contribution in [2.24, 2.45) is 0 Å². The number of pyridine rings is 1. The summed E-state index contributed by atoms with van der Waals surface area (Å²) in [4.78, 5) is 18.0. The van der Waals surface area contributed by atoms with Gasteiger partial charge in [0, 0.05) is 10.9 Å². The van der Waals surface area contributed by atoms with Gasteiger partial charge in [0.1, 0.15) is 0 Å². The van der Waals surface area contributed by atoms with Gasteiger partial charge in [-0.3, -0.25) is 4.79 Å². The molecule has 0 saturated heterocycles. The number of aryl methyl sites for hydroxylation is 2. The summed E-state index contributed by atoms with van der Waals surface area (Å²) in [5.41, 5.74) is 3.19. The van der Waals surface area contributed by atoms with Crippen LogP contribution >= 0.6 is 11.6 Å². The number of hydrogen-bond donors (Lipinski definition) is 1. The standard InChI is InChI=1S/C25H18ClF3N2O/c1-14-10-15(2)23-18(11-14)19(13-21(30-23)16-6-4-3-5-7-16)24(32)31-22-12-17(25(27,28)29)8-9-20(22)26/h3-13H,1-2H3,(H,31,32). The van der Waals surface area contributed by atoms with Crippen molar-refractivity contribution in [2.45, 2.75) is 20.0 Å². The summed E-state index contributed by atoms with van der Waals surface area (Å²) in [5.74, 6) is -0.569. The largest absolute Gasteiger partial charge is 0.416 e. The lowest BCUT2D eigenvalue weighted by Gasteiger charge is -2.15. The van der Waals surface area contributed by atoms with Crippen molar-refractivity contribution in [2.75, 3.05) is 5.32 Å². The van der Waals surface area contributed by atoms with Crippen LogP contribution in [0.1, 0.15) is 27.0 Å². The third-order valence-electron chi connectivity index (χ3n) is 5.10. The van der Waals surface area contributed by atoms with Gasteiger partial charge in [0.25, 0.3) is 5.91 Å². The van der Waals surface area contributed by atoms with Crippen molar-refractivity contribution < 1.29 is 18.0 Å². The number of fused-ring (bicyclic) bond motifs is 1. The average Bonchev–Trinajstić information content (AvgIpc) is 2.74. The Morgan fingerprint density at radius 3 is 2.38 bits per heavy atom. The van der Waals surface area contributed by atoms with Gasteiger partial charge in [-0.15, -0.1) is 0 Å². The van der Waals surface area contributed by atoms with E-state index in [4.69, 9.17) is 16.6 Å². The lowest BCUT2D eigenvalue weighted by molar-refractivity contribution is -0.137. The molecule has 3 nitrogen and oxygen atoms in total. The zero-order valence-electron chi connectivity index (χ0n) is 17.2. The Kier molecular flexibility index (Phi) is 5.65. The second kappa shape index (κ2) is 8.28. The molecule has 1 N–H and O–H groups in total. The second-order valence-electron chi connectivity index (χ2n) is 7.55. The molecule has 0 atom stereocenters. The predicted octanol–water partition coefficient (Wildman–Crippen LogP) is 7.44. The number of alkyl halides is 3. The highest BCUT2D eigenvalue weighted by Gasteiger charge is 2.31. The van der Waals surface area contributed by atoms with Crippen LogP contribution < -0.4 is 5.32 Å². The third-order valence-corrected chi connectivity index (χ3v) is 5.43. The van der Waals surface area contributed by atoms with Crippen molar-refractivity contribution in [3.05, 3.63) is 94.0 Å². The summed E-state index contributed by atoms with van der Waals surface area (Å²) in [5, 5.41) is 3.18. The molecule has 7 heteroatoms. The smallest absolute Gasteiger partial charge is 0.321 e. The number of hydrogen-bond acceptors (Lipinski definition) is 2. The Balaban J connectivity index is 1.85. The Bertz CT molecular complexity index is 1330. The zero-order chi connectivity index (χ0) is 23.0. The van der Waals surface area contributed by atoms with Crippen LogP contribution in [0.15, 0.2) is 66.7 Å². The highest BCUT2D eigenvalue weighted by Crippen LogP contribution is 2.35. The number of carbonyl (C=O) groups excluding carboxylic acids is 1. The van der Waals surface area contributed by atoms with E-state index in [1.54, 1.807) is 6.07 Å². The number of rotatable bonds is 3. The van der Waals surface area contributed by atoms with Crippen molar-refractivity contribution in [3.63, 3.8) is 0 Å². The maximum Gasteiger partial charge on any atom is 0.416 e. The molecule has 3 aromatic carbocycles. The first-order chi connectivity index (χ1) is 15.1. The van der Waals surface area contributed by atoms with Crippen molar-refractivity contribution in [3.8, 4) is 11.3 Å². The van der Waals surface area contributed by atoms with Crippen molar-refractivity contribution in [1.82, 2.24) is 4.98 Å². The van der Waals surface area contributed by atoms with Gasteiger partial charge in [-0.2, -0.15) is 13.2 Å². The Hall–Kier alpha value is -3.38. The predicted molar refractivity (Wildman–Crippen MR) is 121 cm³/mol. The molecule has 0 aliphatic heterocycles. The summed E-state index contributed by atoms with van der Waals surface area (Å²) in [6, 6.07) is 17.6. The first kappa shape index (κ1) is 21.8. The van der Waals surface area contributed by atoms with Crippen molar-refractivity contribution in [1.29, 1.82) is 0 Å². The second-order valence-corrected chi connectivity index (χ2v) is 7.95. The summed E-state index contributed by atoms with van der Waals surface area (Å²) in [6.07, 6.45) is -4.55. The van der Waals surface area contributed by atoms with Crippen molar-refractivity contribution >= 4 is 34.1 Å². The molecule has 0 saturated carbocycles. The number of amides is 1. The number of nitrogens with one attached hydrogen (secondary N) is 1. The lowest BCUT2D eigenvalue weighted by Crippen LogP contribution is -2.15. The fraction of sp³-hybridized carbons (Fsp3) is 0.120. The molecule has 0 aliphatic rings. The molecular weight excluding hydrogens is 437 g/mol. The molecule has 0 radical (unpaired) electrons. The van der Waals surface area contributed by atoms with E-state index in [9.17, 15) is 18.0 Å².